The zero-order valence-corrected chi connectivity index (χ0v) is 17.7. The molecule has 0 spiro atoms. The van der Waals surface area contributed by atoms with Crippen LogP contribution in [-0.4, -0.2) is 31.7 Å². The van der Waals surface area contributed by atoms with Crippen LogP contribution in [-0.2, 0) is 6.42 Å². The number of rotatable bonds is 7. The van der Waals surface area contributed by atoms with Crippen LogP contribution in [0.2, 0.25) is 0 Å². The van der Waals surface area contributed by atoms with Crippen LogP contribution >= 0.6 is 11.3 Å². The summed E-state index contributed by atoms with van der Waals surface area (Å²) >= 11 is 1.51. The van der Waals surface area contributed by atoms with Crippen LogP contribution in [0.1, 0.15) is 15.9 Å². The van der Waals surface area contributed by atoms with Gasteiger partial charge in [-0.2, -0.15) is 0 Å². The number of anilines is 1. The lowest BCUT2D eigenvalue weighted by atomic mass is 10.1. The largest absolute Gasteiger partial charge is 0.497 e. The predicted octanol–water partition coefficient (Wildman–Crippen LogP) is 5.20. The van der Waals surface area contributed by atoms with Crippen molar-refractivity contribution in [3.63, 3.8) is 0 Å². The molecule has 1 aromatic heterocycles. The molecule has 4 rings (SSSR count). The molecule has 152 valence electrons. The Morgan fingerprint density at radius 3 is 2.27 bits per heavy atom. The van der Waals surface area contributed by atoms with Gasteiger partial charge in [-0.05, 0) is 36.2 Å². The Hall–Kier alpha value is -3.38. The second-order valence-electron chi connectivity index (χ2n) is 6.76. The van der Waals surface area contributed by atoms with Crippen molar-refractivity contribution in [2.24, 2.45) is 0 Å². The second kappa shape index (κ2) is 8.97. The lowest BCUT2D eigenvalue weighted by Gasteiger charge is -2.20. The molecule has 0 atom stereocenters. The average molecular weight is 419 g/mol. The molecule has 0 fully saturated rings. The number of thiazole rings is 1. The molecule has 4 aromatic rings. The summed E-state index contributed by atoms with van der Waals surface area (Å²) in [5.74, 6) is 1.01. The third-order valence-electron chi connectivity index (χ3n) is 4.82. The van der Waals surface area contributed by atoms with Crippen molar-refractivity contribution in [1.29, 1.82) is 0 Å². The van der Waals surface area contributed by atoms with Crippen LogP contribution in [0.4, 0.5) is 5.13 Å². The first kappa shape index (κ1) is 19.9. The smallest absolute Gasteiger partial charge is 0.260 e. The van der Waals surface area contributed by atoms with Crippen LogP contribution in [0.3, 0.4) is 0 Å². The van der Waals surface area contributed by atoms with Crippen LogP contribution in [0, 0.1) is 0 Å². The number of nitrogens with zero attached hydrogens (tertiary/aromatic N) is 2. The molecular formula is C24H22N2O3S. The molecule has 0 aliphatic carbocycles. The van der Waals surface area contributed by atoms with Crippen molar-refractivity contribution in [2.45, 2.75) is 6.42 Å². The number of para-hydroxylation sites is 1. The van der Waals surface area contributed by atoms with E-state index < -0.39 is 0 Å². The van der Waals surface area contributed by atoms with Gasteiger partial charge < -0.3 is 9.47 Å². The molecule has 30 heavy (non-hydrogen) atoms. The minimum atomic E-state index is -0.137. The second-order valence-corrected chi connectivity index (χ2v) is 7.77. The summed E-state index contributed by atoms with van der Waals surface area (Å²) in [7, 11) is 3.15. The first-order valence-electron chi connectivity index (χ1n) is 9.62. The van der Waals surface area contributed by atoms with Gasteiger partial charge in [0.25, 0.3) is 5.91 Å². The number of amides is 1. The van der Waals surface area contributed by atoms with Crippen LogP contribution in [0.5, 0.6) is 11.5 Å². The minimum Gasteiger partial charge on any atom is -0.497 e. The Balaban J connectivity index is 1.71. The average Bonchev–Trinajstić information content (AvgIpc) is 3.23. The maximum absolute atomic E-state index is 13.6. The Kier molecular flexibility index (Phi) is 5.95. The van der Waals surface area contributed by atoms with Gasteiger partial charge in [-0.1, -0.05) is 53.8 Å². The van der Waals surface area contributed by atoms with Crippen molar-refractivity contribution in [1.82, 2.24) is 4.98 Å². The Labute approximate surface area is 179 Å². The van der Waals surface area contributed by atoms with Gasteiger partial charge in [0.2, 0.25) is 0 Å². The van der Waals surface area contributed by atoms with Crippen LogP contribution in [0.15, 0.2) is 72.8 Å². The molecule has 0 saturated heterocycles. The molecule has 3 aromatic carbocycles. The molecule has 0 saturated carbocycles. The highest BCUT2D eigenvalue weighted by Crippen LogP contribution is 2.31. The van der Waals surface area contributed by atoms with E-state index >= 15 is 0 Å². The third kappa shape index (κ3) is 4.28. The Morgan fingerprint density at radius 2 is 1.60 bits per heavy atom. The maximum atomic E-state index is 13.6. The number of benzene rings is 3. The molecule has 0 bridgehead atoms. The quantitative estimate of drug-likeness (QED) is 0.414. The van der Waals surface area contributed by atoms with Crippen molar-refractivity contribution < 1.29 is 14.3 Å². The highest BCUT2D eigenvalue weighted by molar-refractivity contribution is 7.22. The highest BCUT2D eigenvalue weighted by atomic mass is 32.1. The molecule has 0 N–H and O–H groups in total. The number of carbonyl (C=O) groups is 1. The molecule has 5 nitrogen and oxygen atoms in total. The molecular weight excluding hydrogens is 396 g/mol. The van der Waals surface area contributed by atoms with E-state index in [2.05, 4.69) is 12.1 Å². The van der Waals surface area contributed by atoms with Gasteiger partial charge in [0.05, 0.1) is 24.4 Å². The summed E-state index contributed by atoms with van der Waals surface area (Å²) < 4.78 is 11.7. The van der Waals surface area contributed by atoms with Gasteiger partial charge in [0.1, 0.15) is 11.5 Å². The van der Waals surface area contributed by atoms with E-state index in [4.69, 9.17) is 14.5 Å². The van der Waals surface area contributed by atoms with Gasteiger partial charge in [-0.15, -0.1) is 0 Å². The van der Waals surface area contributed by atoms with E-state index in [1.807, 2.05) is 42.5 Å². The zero-order valence-electron chi connectivity index (χ0n) is 16.9. The Morgan fingerprint density at radius 1 is 0.933 bits per heavy atom. The number of hydrogen-bond donors (Lipinski definition) is 0. The standard InChI is InChI=1S/C24H22N2O3S/c1-28-19-14-18(15-20(16-19)29-2)23(27)26(13-12-17-8-4-3-5-9-17)24-25-21-10-6-7-11-22(21)30-24/h3-11,14-16H,12-13H2,1-2H3. The van der Waals surface area contributed by atoms with Crippen molar-refractivity contribution >= 4 is 32.6 Å². The van der Waals surface area contributed by atoms with E-state index in [-0.39, 0.29) is 5.91 Å². The number of hydrogen-bond acceptors (Lipinski definition) is 5. The fourth-order valence-electron chi connectivity index (χ4n) is 3.23. The van der Waals surface area contributed by atoms with Crippen molar-refractivity contribution in [3.8, 4) is 11.5 Å². The number of fused-ring (bicyclic) bond motifs is 1. The molecule has 1 amide bonds. The fourth-order valence-corrected chi connectivity index (χ4v) is 4.22. The van der Waals surface area contributed by atoms with Gasteiger partial charge in [0.15, 0.2) is 5.13 Å². The van der Waals surface area contributed by atoms with E-state index in [0.717, 1.165) is 16.6 Å². The van der Waals surface area contributed by atoms with Gasteiger partial charge in [-0.3, -0.25) is 9.69 Å². The summed E-state index contributed by atoms with van der Waals surface area (Å²) in [4.78, 5) is 20.0. The van der Waals surface area contributed by atoms with E-state index in [1.54, 1.807) is 37.3 Å². The molecule has 6 heteroatoms. The SMILES string of the molecule is COc1cc(OC)cc(C(=O)N(CCc2ccccc2)c2nc3ccccc3s2)c1. The first-order valence-corrected chi connectivity index (χ1v) is 10.4. The first-order chi connectivity index (χ1) is 14.7. The minimum absolute atomic E-state index is 0.137. The molecule has 0 aliphatic heterocycles. The molecule has 0 aliphatic rings. The summed E-state index contributed by atoms with van der Waals surface area (Å²) in [5.41, 5.74) is 2.55. The summed E-state index contributed by atoms with van der Waals surface area (Å²) in [6.45, 7) is 0.516. The van der Waals surface area contributed by atoms with E-state index in [1.165, 1.54) is 16.9 Å². The summed E-state index contributed by atoms with van der Waals surface area (Å²) in [5, 5.41) is 0.680. The zero-order chi connectivity index (χ0) is 20.9. The van der Waals surface area contributed by atoms with Crippen LogP contribution in [0.25, 0.3) is 10.2 Å². The third-order valence-corrected chi connectivity index (χ3v) is 5.88. The number of ether oxygens (including phenoxy) is 2. The monoisotopic (exact) mass is 418 g/mol. The molecule has 0 radical (unpaired) electrons. The summed E-state index contributed by atoms with van der Waals surface area (Å²) in [6, 6.07) is 23.3. The highest BCUT2D eigenvalue weighted by Gasteiger charge is 2.22. The van der Waals surface area contributed by atoms with Gasteiger partial charge >= 0.3 is 0 Å². The summed E-state index contributed by atoms with van der Waals surface area (Å²) in [6.07, 6.45) is 0.726. The van der Waals surface area contributed by atoms with Crippen molar-refractivity contribution in [3.05, 3.63) is 83.9 Å². The van der Waals surface area contributed by atoms with Gasteiger partial charge in [-0.25, -0.2) is 4.98 Å². The number of aromatic nitrogens is 1. The maximum Gasteiger partial charge on any atom is 0.260 e. The lowest BCUT2D eigenvalue weighted by Crippen LogP contribution is -2.33. The van der Waals surface area contributed by atoms with E-state index in [0.29, 0.717) is 28.7 Å². The lowest BCUT2D eigenvalue weighted by molar-refractivity contribution is 0.0986. The van der Waals surface area contributed by atoms with Gasteiger partial charge in [0, 0.05) is 18.2 Å². The number of carbonyl (C=O) groups excluding carboxylic acids is 1. The van der Waals surface area contributed by atoms with Crippen molar-refractivity contribution in [2.75, 3.05) is 25.7 Å². The van der Waals surface area contributed by atoms with E-state index in [9.17, 15) is 4.79 Å². The molecule has 1 heterocycles. The molecule has 0 unspecified atom stereocenters. The van der Waals surface area contributed by atoms with Crippen LogP contribution < -0.4 is 14.4 Å². The predicted molar refractivity (Wildman–Crippen MR) is 121 cm³/mol. The fraction of sp³-hybridized carbons (Fsp3) is 0.167. The normalized spacial score (nSPS) is 10.7. The number of methoxy groups -OCH3 is 2. The topological polar surface area (TPSA) is 51.7 Å². The Bertz CT molecular complexity index is 1100.